The molecule has 0 aromatic rings. The first-order chi connectivity index (χ1) is 5.18. The van der Waals surface area contributed by atoms with Crippen LogP contribution in [0, 0.1) is 0 Å². The lowest BCUT2D eigenvalue weighted by Gasteiger charge is -2.23. The molecular formula is C9H15NO. The van der Waals surface area contributed by atoms with E-state index in [-0.39, 0.29) is 5.91 Å². The molecule has 0 radical (unpaired) electrons. The third-order valence-corrected chi connectivity index (χ3v) is 2.10. The Morgan fingerprint density at radius 3 is 2.55 bits per heavy atom. The van der Waals surface area contributed by atoms with Crippen LogP contribution in [-0.2, 0) is 4.79 Å². The van der Waals surface area contributed by atoms with Gasteiger partial charge in [-0.05, 0) is 25.7 Å². The first-order valence-electron chi connectivity index (χ1n) is 4.12. The van der Waals surface area contributed by atoms with Crippen molar-refractivity contribution in [3.05, 3.63) is 12.2 Å². The van der Waals surface area contributed by atoms with Crippen LogP contribution < -0.4 is 5.32 Å². The van der Waals surface area contributed by atoms with Gasteiger partial charge < -0.3 is 5.32 Å². The van der Waals surface area contributed by atoms with Crippen molar-refractivity contribution >= 4 is 5.91 Å². The minimum Gasteiger partial charge on any atom is -0.354 e. The fraction of sp³-hybridized carbons (Fsp3) is 0.667. The Morgan fingerprint density at radius 1 is 1.55 bits per heavy atom. The predicted octanol–water partition coefficient (Wildman–Crippen LogP) is 1.62. The number of nitrogens with one attached hydrogen (secondary N) is 1. The summed E-state index contributed by atoms with van der Waals surface area (Å²) in [6.07, 6.45) is 4.28. The molecule has 0 bridgehead atoms. The van der Waals surface area contributed by atoms with Gasteiger partial charge in [0, 0.05) is 13.0 Å². The third-order valence-electron chi connectivity index (χ3n) is 2.10. The molecule has 0 aromatic carbocycles. The molecule has 0 heterocycles. The molecule has 1 saturated carbocycles. The molecule has 0 aliphatic heterocycles. The quantitative estimate of drug-likeness (QED) is 0.570. The molecule has 1 rings (SSSR count). The van der Waals surface area contributed by atoms with Crippen LogP contribution in [0.15, 0.2) is 12.2 Å². The van der Waals surface area contributed by atoms with E-state index in [1.54, 1.807) is 6.92 Å². The van der Waals surface area contributed by atoms with Gasteiger partial charge in [0.15, 0.2) is 0 Å². The van der Waals surface area contributed by atoms with E-state index in [4.69, 9.17) is 0 Å². The number of hydrogen-bond donors (Lipinski definition) is 1. The molecule has 11 heavy (non-hydrogen) atoms. The largest absolute Gasteiger partial charge is 0.354 e. The summed E-state index contributed by atoms with van der Waals surface area (Å²) < 4.78 is 0. The van der Waals surface area contributed by atoms with Crippen LogP contribution in [0.3, 0.4) is 0 Å². The molecule has 2 nitrogen and oxygen atoms in total. The Bertz CT molecular complexity index is 164. The van der Waals surface area contributed by atoms with Crippen molar-refractivity contribution in [1.29, 1.82) is 0 Å². The van der Waals surface area contributed by atoms with E-state index in [0.29, 0.717) is 6.04 Å². The number of carbonyl (C=O) groups excluding carboxylic acids is 1. The standard InChI is InChI=1S/C9H15NO/c1-7-3-5-9(6-4-7)10-8(2)11/h9H,1,3-6H2,2H3,(H,10,11). The summed E-state index contributed by atoms with van der Waals surface area (Å²) in [6, 6.07) is 0.401. The maximum atomic E-state index is 10.7. The van der Waals surface area contributed by atoms with Gasteiger partial charge in [-0.1, -0.05) is 12.2 Å². The Labute approximate surface area is 67.7 Å². The molecule has 1 N–H and O–H groups in total. The Kier molecular flexibility index (Phi) is 2.69. The molecule has 0 saturated heterocycles. The summed E-state index contributed by atoms with van der Waals surface area (Å²) in [6.45, 7) is 5.49. The molecule has 2 heteroatoms. The van der Waals surface area contributed by atoms with E-state index in [9.17, 15) is 4.79 Å². The second-order valence-electron chi connectivity index (χ2n) is 3.22. The van der Waals surface area contributed by atoms with Crippen molar-refractivity contribution in [3.8, 4) is 0 Å². The number of carbonyl (C=O) groups is 1. The van der Waals surface area contributed by atoms with E-state index in [0.717, 1.165) is 25.7 Å². The van der Waals surface area contributed by atoms with E-state index in [1.807, 2.05) is 0 Å². The Balaban J connectivity index is 2.28. The van der Waals surface area contributed by atoms with Gasteiger partial charge in [0.2, 0.25) is 5.91 Å². The van der Waals surface area contributed by atoms with Crippen LogP contribution in [0.25, 0.3) is 0 Å². The maximum absolute atomic E-state index is 10.7. The summed E-state index contributed by atoms with van der Waals surface area (Å²) >= 11 is 0. The molecule has 0 unspecified atom stereocenters. The number of hydrogen-bond acceptors (Lipinski definition) is 1. The third kappa shape index (κ3) is 2.74. The molecule has 1 amide bonds. The highest BCUT2D eigenvalue weighted by molar-refractivity contribution is 5.73. The van der Waals surface area contributed by atoms with Crippen molar-refractivity contribution in [3.63, 3.8) is 0 Å². The van der Waals surface area contributed by atoms with Gasteiger partial charge >= 0.3 is 0 Å². The molecule has 0 spiro atoms. The summed E-state index contributed by atoms with van der Waals surface area (Å²) in [5.41, 5.74) is 1.33. The number of rotatable bonds is 1. The predicted molar refractivity (Wildman–Crippen MR) is 45.2 cm³/mol. The topological polar surface area (TPSA) is 29.1 Å². The fourth-order valence-electron chi connectivity index (χ4n) is 1.46. The monoisotopic (exact) mass is 153 g/mol. The zero-order valence-corrected chi connectivity index (χ0v) is 7.02. The van der Waals surface area contributed by atoms with Crippen molar-refractivity contribution < 1.29 is 4.79 Å². The van der Waals surface area contributed by atoms with Gasteiger partial charge in [0.1, 0.15) is 0 Å². The summed E-state index contributed by atoms with van der Waals surface area (Å²) in [7, 11) is 0. The van der Waals surface area contributed by atoms with Gasteiger partial charge in [0.25, 0.3) is 0 Å². The molecule has 0 aromatic heterocycles. The van der Waals surface area contributed by atoms with Gasteiger partial charge in [-0.2, -0.15) is 0 Å². The van der Waals surface area contributed by atoms with E-state index in [1.165, 1.54) is 5.57 Å². The van der Waals surface area contributed by atoms with Crippen LogP contribution in [0.1, 0.15) is 32.6 Å². The summed E-state index contributed by atoms with van der Waals surface area (Å²) in [5.74, 6) is 0.0857. The van der Waals surface area contributed by atoms with Crippen LogP contribution in [-0.4, -0.2) is 11.9 Å². The van der Waals surface area contributed by atoms with Crippen LogP contribution >= 0.6 is 0 Å². The minimum absolute atomic E-state index is 0.0857. The lowest BCUT2D eigenvalue weighted by molar-refractivity contribution is -0.119. The highest BCUT2D eigenvalue weighted by atomic mass is 16.1. The SMILES string of the molecule is C=C1CCC(NC(C)=O)CC1. The zero-order chi connectivity index (χ0) is 8.27. The smallest absolute Gasteiger partial charge is 0.217 e. The van der Waals surface area contributed by atoms with Crippen LogP contribution in [0.2, 0.25) is 0 Å². The van der Waals surface area contributed by atoms with Crippen LogP contribution in [0.4, 0.5) is 0 Å². The Morgan fingerprint density at radius 2 is 2.09 bits per heavy atom. The van der Waals surface area contributed by atoms with Crippen molar-refractivity contribution in [2.45, 2.75) is 38.6 Å². The van der Waals surface area contributed by atoms with E-state index in [2.05, 4.69) is 11.9 Å². The lowest BCUT2D eigenvalue weighted by atomic mass is 9.92. The average Bonchev–Trinajstić information content (AvgIpc) is 1.93. The zero-order valence-electron chi connectivity index (χ0n) is 7.02. The number of allylic oxidation sites excluding steroid dienone is 1. The molecule has 1 aliphatic carbocycles. The van der Waals surface area contributed by atoms with E-state index < -0.39 is 0 Å². The Hall–Kier alpha value is -0.790. The average molecular weight is 153 g/mol. The molecule has 1 fully saturated rings. The lowest BCUT2D eigenvalue weighted by Crippen LogP contribution is -2.34. The highest BCUT2D eigenvalue weighted by Gasteiger charge is 2.15. The van der Waals surface area contributed by atoms with Crippen molar-refractivity contribution in [2.75, 3.05) is 0 Å². The fourth-order valence-corrected chi connectivity index (χ4v) is 1.46. The summed E-state index contributed by atoms with van der Waals surface area (Å²) in [4.78, 5) is 10.7. The molecule has 0 atom stereocenters. The minimum atomic E-state index is 0.0857. The second kappa shape index (κ2) is 3.56. The number of amides is 1. The van der Waals surface area contributed by atoms with Crippen LogP contribution in [0.5, 0.6) is 0 Å². The first kappa shape index (κ1) is 8.31. The maximum Gasteiger partial charge on any atom is 0.217 e. The normalized spacial score (nSPS) is 19.9. The van der Waals surface area contributed by atoms with Crippen molar-refractivity contribution in [2.24, 2.45) is 0 Å². The van der Waals surface area contributed by atoms with Crippen molar-refractivity contribution in [1.82, 2.24) is 5.32 Å². The molecular weight excluding hydrogens is 138 g/mol. The van der Waals surface area contributed by atoms with Gasteiger partial charge in [-0.15, -0.1) is 0 Å². The van der Waals surface area contributed by atoms with Gasteiger partial charge in [-0.25, -0.2) is 0 Å². The molecule has 62 valence electrons. The molecule has 1 aliphatic rings. The van der Waals surface area contributed by atoms with E-state index >= 15 is 0 Å². The van der Waals surface area contributed by atoms with Gasteiger partial charge in [0.05, 0.1) is 0 Å². The summed E-state index contributed by atoms with van der Waals surface area (Å²) in [5, 5.41) is 2.92. The highest BCUT2D eigenvalue weighted by Crippen LogP contribution is 2.21. The second-order valence-corrected chi connectivity index (χ2v) is 3.22. The van der Waals surface area contributed by atoms with Gasteiger partial charge in [-0.3, -0.25) is 4.79 Å². The first-order valence-corrected chi connectivity index (χ1v) is 4.12.